The number of H-pyrrole nitrogens is 2. The summed E-state index contributed by atoms with van der Waals surface area (Å²) in [6.07, 6.45) is 7.98. The summed E-state index contributed by atoms with van der Waals surface area (Å²) in [5.74, 6) is 0. The van der Waals surface area contributed by atoms with Crippen LogP contribution in [0.3, 0.4) is 0 Å². The van der Waals surface area contributed by atoms with Crippen LogP contribution in [0.1, 0.15) is 22.8 Å². The maximum atomic E-state index is 4.89. The Hall–Kier alpha value is -1.78. The van der Waals surface area contributed by atoms with E-state index in [1.165, 1.54) is 0 Å². The van der Waals surface area contributed by atoms with Crippen molar-refractivity contribution in [1.82, 2.24) is 19.9 Å². The van der Waals surface area contributed by atoms with Gasteiger partial charge in [0, 0.05) is 10.0 Å². The van der Waals surface area contributed by atoms with E-state index >= 15 is 0 Å². The van der Waals surface area contributed by atoms with Gasteiger partial charge in [-0.25, -0.2) is 9.97 Å². The lowest BCUT2D eigenvalue weighted by atomic mass is 10.1. The molecule has 0 unspecified atom stereocenters. The molecule has 0 amide bonds. The highest BCUT2D eigenvalue weighted by atomic mass is 79.9. The predicted molar refractivity (Wildman–Crippen MR) is 163 cm³/mol. The van der Waals surface area contributed by atoms with E-state index in [2.05, 4.69) is 108 Å². The van der Waals surface area contributed by atoms with Crippen molar-refractivity contribution < 1.29 is 0 Å². The number of fused-ring (bicyclic) bond motifs is 8. The first-order valence-corrected chi connectivity index (χ1v) is 14.4. The van der Waals surface area contributed by atoms with Gasteiger partial charge in [0.05, 0.1) is 62.7 Å². The van der Waals surface area contributed by atoms with E-state index in [0.29, 0.717) is 0 Å². The average Bonchev–Trinajstić information content (AvgIpc) is 3.68. The summed E-state index contributed by atoms with van der Waals surface area (Å²) >= 11 is 18.6. The van der Waals surface area contributed by atoms with E-state index in [1.807, 2.05) is 48.6 Å². The molecule has 6 rings (SSSR count). The van der Waals surface area contributed by atoms with Crippen LogP contribution >= 0.6 is 79.6 Å². The Morgan fingerprint density at radius 2 is 1.06 bits per heavy atom. The summed E-state index contributed by atoms with van der Waals surface area (Å²) in [4.78, 5) is 16.8. The molecule has 0 fully saturated rings. The molecule has 5 heterocycles. The third-order valence-corrected chi connectivity index (χ3v) is 9.60. The predicted octanol–water partition coefficient (Wildman–Crippen LogP) is 10.1. The Morgan fingerprint density at radius 3 is 1.69 bits per heavy atom. The fourth-order valence-electron chi connectivity index (χ4n) is 4.01. The number of benzene rings is 1. The average molecular weight is 781 g/mol. The van der Waals surface area contributed by atoms with Crippen LogP contribution in [0.15, 0.2) is 64.8 Å². The lowest BCUT2D eigenvalue weighted by molar-refractivity contribution is 1.24. The third kappa shape index (κ3) is 4.25. The van der Waals surface area contributed by atoms with Gasteiger partial charge in [0.25, 0.3) is 0 Å². The molecule has 0 radical (unpaired) electrons. The molecule has 4 nitrogen and oxygen atoms in total. The minimum Gasteiger partial charge on any atom is -0.354 e. The summed E-state index contributed by atoms with van der Waals surface area (Å²) in [5.41, 5.74) is 9.24. The quantitative estimate of drug-likeness (QED) is 0.175. The van der Waals surface area contributed by atoms with E-state index in [-0.39, 0.29) is 0 Å². The van der Waals surface area contributed by atoms with Gasteiger partial charge >= 0.3 is 0 Å². The van der Waals surface area contributed by atoms with Gasteiger partial charge in [-0.2, -0.15) is 0 Å². The monoisotopic (exact) mass is 776 g/mol. The van der Waals surface area contributed by atoms with Crippen molar-refractivity contribution in [3.05, 3.63) is 87.6 Å². The molecule has 2 N–H and O–H groups in total. The number of aromatic amines is 2. The highest BCUT2D eigenvalue weighted by Gasteiger charge is 2.16. The molecule has 0 saturated heterocycles. The summed E-state index contributed by atoms with van der Waals surface area (Å²) in [6.45, 7) is 0. The zero-order chi connectivity index (χ0) is 24.3. The van der Waals surface area contributed by atoms with Crippen LogP contribution in [0, 0.1) is 0 Å². The van der Waals surface area contributed by atoms with Crippen LogP contribution in [0.4, 0.5) is 0 Å². The first kappa shape index (κ1) is 23.6. The Balaban J connectivity index is 1.78. The molecule has 0 spiro atoms. The molecular weight excluding hydrogens is 768 g/mol. The minimum absolute atomic E-state index is 0.816. The smallest absolute Gasteiger partial charge is 0.0802 e. The molecular formula is C26H13Br5N4. The largest absolute Gasteiger partial charge is 0.354 e. The number of halogens is 5. The van der Waals surface area contributed by atoms with Crippen LogP contribution in [0.25, 0.3) is 57.5 Å². The second-order valence-electron chi connectivity index (χ2n) is 7.95. The van der Waals surface area contributed by atoms with E-state index in [9.17, 15) is 0 Å². The van der Waals surface area contributed by atoms with E-state index in [1.54, 1.807) is 0 Å². The van der Waals surface area contributed by atoms with Crippen molar-refractivity contribution in [2.75, 3.05) is 0 Å². The second-order valence-corrected chi connectivity index (χ2v) is 12.0. The molecule has 2 aliphatic rings. The second kappa shape index (κ2) is 9.27. The topological polar surface area (TPSA) is 57.4 Å². The van der Waals surface area contributed by atoms with Gasteiger partial charge in [-0.3, -0.25) is 0 Å². The first-order chi connectivity index (χ1) is 16.9. The normalized spacial score (nSPS) is 12.5. The van der Waals surface area contributed by atoms with Crippen molar-refractivity contribution >= 4 is 126 Å². The summed E-state index contributed by atoms with van der Waals surface area (Å²) in [7, 11) is 0. The molecule has 2 aliphatic heterocycles. The van der Waals surface area contributed by atoms with Crippen LogP contribution in [-0.2, 0) is 0 Å². The fraction of sp³-hybridized carbons (Fsp3) is 0. The first-order valence-electron chi connectivity index (χ1n) is 10.5. The molecule has 4 aromatic rings. The summed E-state index contributed by atoms with van der Waals surface area (Å²) in [6, 6.07) is 14.5. The van der Waals surface area contributed by atoms with Crippen LogP contribution in [-0.4, -0.2) is 19.9 Å². The van der Waals surface area contributed by atoms with Crippen molar-refractivity contribution in [2.45, 2.75) is 0 Å². The fourth-order valence-corrected chi connectivity index (χ4v) is 6.15. The highest BCUT2D eigenvalue weighted by molar-refractivity contribution is 9.11. The lowest BCUT2D eigenvalue weighted by Crippen LogP contribution is -1.84. The molecule has 1 aromatic carbocycles. The van der Waals surface area contributed by atoms with Crippen molar-refractivity contribution in [3.8, 4) is 11.1 Å². The maximum Gasteiger partial charge on any atom is 0.0802 e. The molecule has 172 valence electrons. The van der Waals surface area contributed by atoms with Crippen molar-refractivity contribution in [1.29, 1.82) is 0 Å². The summed E-state index contributed by atoms with van der Waals surface area (Å²) < 4.78 is 4.56. The highest BCUT2D eigenvalue weighted by Crippen LogP contribution is 2.37. The van der Waals surface area contributed by atoms with E-state index in [4.69, 9.17) is 9.97 Å². The Bertz CT molecular complexity index is 1740. The standard InChI is InChI=1S/C26H13Br5N4/c27-13-3-1-12(2-4-13)14-11-21-24(30)19-8-7-17(33-19)22(28)15-5-6-16(32-15)23(29)18-9-10-20(34-18)25(31)26(14)35-21/h1-11,33,35H. The number of hydrogen-bond donors (Lipinski definition) is 2. The summed E-state index contributed by atoms with van der Waals surface area (Å²) in [5, 5.41) is 0. The number of rotatable bonds is 1. The molecule has 0 saturated carbocycles. The third-order valence-electron chi connectivity index (χ3n) is 5.77. The number of aromatic nitrogens is 4. The van der Waals surface area contributed by atoms with Gasteiger partial charge in [0.1, 0.15) is 0 Å². The van der Waals surface area contributed by atoms with Crippen LogP contribution < -0.4 is 0 Å². The number of hydrogen-bond acceptors (Lipinski definition) is 2. The van der Waals surface area contributed by atoms with Gasteiger partial charge in [-0.1, -0.05) is 28.1 Å². The van der Waals surface area contributed by atoms with Gasteiger partial charge in [-0.05, 0) is 124 Å². The minimum atomic E-state index is 0.816. The van der Waals surface area contributed by atoms with E-state index < -0.39 is 0 Å². The number of nitrogens with zero attached hydrogens (tertiary/aromatic N) is 2. The van der Waals surface area contributed by atoms with Crippen molar-refractivity contribution in [2.24, 2.45) is 0 Å². The molecule has 8 bridgehead atoms. The van der Waals surface area contributed by atoms with Gasteiger partial charge < -0.3 is 9.97 Å². The molecule has 3 aromatic heterocycles. The Morgan fingerprint density at radius 1 is 0.514 bits per heavy atom. The zero-order valence-electron chi connectivity index (χ0n) is 17.6. The van der Waals surface area contributed by atoms with Crippen LogP contribution in [0.5, 0.6) is 0 Å². The molecule has 0 aliphatic carbocycles. The van der Waals surface area contributed by atoms with Crippen LogP contribution in [0.2, 0.25) is 0 Å². The lowest BCUT2D eigenvalue weighted by Gasteiger charge is -2.01. The Labute approximate surface area is 242 Å². The molecule has 0 atom stereocenters. The zero-order valence-corrected chi connectivity index (χ0v) is 25.6. The maximum absolute atomic E-state index is 4.89. The van der Waals surface area contributed by atoms with E-state index in [0.717, 1.165) is 78.3 Å². The number of nitrogens with one attached hydrogen (secondary N) is 2. The SMILES string of the molecule is Brc1ccc(-c2cc3[nH]c2c(Br)c2nc(c(Br)c4nc(c(Br)c5ccc([nH]5)c3Br)C=C4)C=C2)cc1. The van der Waals surface area contributed by atoms with Crippen molar-refractivity contribution in [3.63, 3.8) is 0 Å². The molecule has 9 heteroatoms. The molecule has 35 heavy (non-hydrogen) atoms. The van der Waals surface area contributed by atoms with Gasteiger partial charge in [0.15, 0.2) is 0 Å². The van der Waals surface area contributed by atoms with Gasteiger partial charge in [0.2, 0.25) is 0 Å². The Kier molecular flexibility index (Phi) is 6.25. The van der Waals surface area contributed by atoms with Gasteiger partial charge in [-0.15, -0.1) is 0 Å².